The lowest BCUT2D eigenvalue weighted by Crippen LogP contribution is -2.16. The number of halogens is 6. The molecule has 0 spiro atoms. The first-order valence-electron chi connectivity index (χ1n) is 4.08. The van der Waals surface area contributed by atoms with Gasteiger partial charge >= 0.3 is 12.4 Å². The fourth-order valence-electron chi connectivity index (χ4n) is 0.793. The van der Waals surface area contributed by atoms with Crippen molar-refractivity contribution in [3.05, 3.63) is 23.8 Å². The largest absolute Gasteiger partial charge is 0.437 e. The van der Waals surface area contributed by atoms with Crippen LogP contribution in [0.2, 0.25) is 0 Å². The van der Waals surface area contributed by atoms with Crippen molar-refractivity contribution in [2.24, 2.45) is 0 Å². The molecule has 12 heteroatoms. The zero-order valence-corrected chi connectivity index (χ0v) is 8.21. The van der Waals surface area contributed by atoms with Crippen LogP contribution in [-0.2, 0) is 12.4 Å². The number of aromatic nitrogens is 6. The minimum Gasteiger partial charge on any atom is -0.198 e. The Kier molecular flexibility index (Phi) is 3.88. The number of hydrogen-bond acceptors (Lipinski definition) is 4. The zero-order chi connectivity index (χ0) is 13.8. The van der Waals surface area contributed by atoms with E-state index in [0.29, 0.717) is 0 Å². The average molecular weight is 274 g/mol. The second kappa shape index (κ2) is 5.01. The van der Waals surface area contributed by atoms with Crippen LogP contribution in [0.3, 0.4) is 0 Å². The molecular formula is C6H4F6N6. The number of hydrogen-bond donors (Lipinski definition) is 2. The highest BCUT2D eigenvalue weighted by molar-refractivity contribution is 5.15. The van der Waals surface area contributed by atoms with Gasteiger partial charge in [0.25, 0.3) is 0 Å². The van der Waals surface area contributed by atoms with E-state index in [9.17, 15) is 26.3 Å². The maximum Gasteiger partial charge on any atom is 0.437 e. The van der Waals surface area contributed by atoms with Crippen molar-refractivity contribution in [1.29, 1.82) is 0 Å². The summed E-state index contributed by atoms with van der Waals surface area (Å²) in [6.45, 7) is 0. The van der Waals surface area contributed by atoms with Gasteiger partial charge in [-0.15, -0.1) is 0 Å². The Hall–Kier alpha value is -2.14. The van der Waals surface area contributed by atoms with Crippen LogP contribution in [0.1, 0.15) is 11.4 Å². The molecule has 0 radical (unpaired) electrons. The number of nitrogens with one attached hydrogen (secondary N) is 2. The van der Waals surface area contributed by atoms with Crippen molar-refractivity contribution in [2.75, 3.05) is 0 Å². The quantitative estimate of drug-likeness (QED) is 0.715. The number of alkyl halides is 6. The summed E-state index contributed by atoms with van der Waals surface area (Å²) < 4.78 is 70.7. The summed E-state index contributed by atoms with van der Waals surface area (Å²) in [5, 5.41) is 15.4. The number of H-pyrrole nitrogens is 2. The highest BCUT2D eigenvalue weighted by Gasteiger charge is 2.47. The van der Waals surface area contributed by atoms with Crippen molar-refractivity contribution >= 4 is 0 Å². The van der Waals surface area contributed by atoms with Gasteiger partial charge in [0.15, 0.2) is 11.4 Å². The lowest BCUT2D eigenvalue weighted by Gasteiger charge is -2.06. The first-order chi connectivity index (χ1) is 8.23. The Morgan fingerprint density at radius 2 is 1.11 bits per heavy atom. The molecule has 0 amide bonds. The zero-order valence-electron chi connectivity index (χ0n) is 8.21. The standard InChI is InChI=1S/C4HF6N3.C2H3N3/c5-3(6,7)1-2(4(8,9)10)12-13-11-1;1-2-4-5-3-1/h(H,11,12,13);1-2H,(H,3,4,5). The second-order valence-corrected chi connectivity index (χ2v) is 2.67. The molecular weight excluding hydrogens is 270 g/mol. The van der Waals surface area contributed by atoms with Gasteiger partial charge in [-0.1, -0.05) is 0 Å². The molecule has 0 fully saturated rings. The topological polar surface area (TPSA) is 83.1 Å². The van der Waals surface area contributed by atoms with E-state index < -0.39 is 23.7 Å². The molecule has 0 saturated heterocycles. The van der Waals surface area contributed by atoms with E-state index in [1.54, 1.807) is 12.4 Å². The molecule has 0 aliphatic rings. The Morgan fingerprint density at radius 3 is 1.33 bits per heavy atom. The van der Waals surface area contributed by atoms with E-state index in [1.807, 2.05) is 0 Å². The summed E-state index contributed by atoms with van der Waals surface area (Å²) in [6.07, 6.45) is -7.14. The Balaban J connectivity index is 0.000000269. The van der Waals surface area contributed by atoms with Gasteiger partial charge in [0, 0.05) is 0 Å². The van der Waals surface area contributed by atoms with Gasteiger partial charge in [-0.25, -0.2) is 0 Å². The molecule has 0 aliphatic heterocycles. The van der Waals surface area contributed by atoms with Crippen molar-refractivity contribution in [1.82, 2.24) is 30.8 Å². The lowest BCUT2D eigenvalue weighted by atomic mass is 10.3. The van der Waals surface area contributed by atoms with Crippen molar-refractivity contribution in [2.45, 2.75) is 12.4 Å². The van der Waals surface area contributed by atoms with Gasteiger partial charge in [-0.2, -0.15) is 57.2 Å². The predicted octanol–water partition coefficient (Wildman–Crippen LogP) is 1.65. The summed E-state index contributed by atoms with van der Waals surface area (Å²) in [4.78, 5) is 0. The highest BCUT2D eigenvalue weighted by Crippen LogP contribution is 2.37. The monoisotopic (exact) mass is 274 g/mol. The van der Waals surface area contributed by atoms with Gasteiger partial charge in [-0.3, -0.25) is 0 Å². The maximum atomic E-state index is 11.8. The third-order valence-electron chi connectivity index (χ3n) is 1.42. The third kappa shape index (κ3) is 3.71. The molecule has 2 aromatic rings. The summed E-state index contributed by atoms with van der Waals surface area (Å²) in [7, 11) is 0. The van der Waals surface area contributed by atoms with Crippen molar-refractivity contribution in [3.63, 3.8) is 0 Å². The molecule has 2 heterocycles. The molecule has 0 aliphatic carbocycles. The van der Waals surface area contributed by atoms with Crippen LogP contribution in [0, 0.1) is 0 Å². The van der Waals surface area contributed by atoms with E-state index in [4.69, 9.17) is 0 Å². The summed E-state index contributed by atoms with van der Waals surface area (Å²) in [5.41, 5.74) is -4.11. The fourth-order valence-corrected chi connectivity index (χ4v) is 0.793. The molecule has 100 valence electrons. The first kappa shape index (κ1) is 13.9. The minimum atomic E-state index is -5.15. The number of rotatable bonds is 0. The van der Waals surface area contributed by atoms with Gasteiger partial charge in [-0.05, 0) is 0 Å². The van der Waals surface area contributed by atoms with E-state index in [1.165, 1.54) is 5.21 Å². The van der Waals surface area contributed by atoms with Crippen LogP contribution in [-0.4, -0.2) is 30.8 Å². The maximum absolute atomic E-state index is 11.8. The summed E-state index contributed by atoms with van der Waals surface area (Å²) >= 11 is 0. The number of aromatic amines is 2. The van der Waals surface area contributed by atoms with Crippen molar-refractivity contribution < 1.29 is 26.3 Å². The molecule has 0 aromatic carbocycles. The smallest absolute Gasteiger partial charge is 0.198 e. The molecule has 0 saturated carbocycles. The first-order valence-corrected chi connectivity index (χ1v) is 4.08. The van der Waals surface area contributed by atoms with Crippen LogP contribution in [0.5, 0.6) is 0 Å². The SMILES string of the molecule is FC(F)(F)c1n[nH]nc1C(F)(F)F.c1cn[nH]n1. The summed E-state index contributed by atoms with van der Waals surface area (Å²) in [5.74, 6) is 0. The Bertz CT molecular complexity index is 410. The molecule has 0 unspecified atom stereocenters. The van der Waals surface area contributed by atoms with Crippen LogP contribution >= 0.6 is 0 Å². The fraction of sp³-hybridized carbons (Fsp3) is 0.333. The lowest BCUT2D eigenvalue weighted by molar-refractivity contribution is -0.165. The minimum absolute atomic E-state index is 1.27. The molecule has 0 atom stereocenters. The molecule has 2 aromatic heterocycles. The van der Waals surface area contributed by atoms with Gasteiger partial charge in [0.2, 0.25) is 0 Å². The Labute approximate surface area is 94.4 Å². The van der Waals surface area contributed by atoms with Crippen molar-refractivity contribution in [3.8, 4) is 0 Å². The average Bonchev–Trinajstić information content (AvgIpc) is 2.91. The molecule has 2 rings (SSSR count). The molecule has 6 nitrogen and oxygen atoms in total. The van der Waals surface area contributed by atoms with E-state index >= 15 is 0 Å². The van der Waals surface area contributed by atoms with E-state index in [2.05, 4.69) is 25.6 Å². The van der Waals surface area contributed by atoms with Crippen LogP contribution in [0.4, 0.5) is 26.3 Å². The molecule has 2 N–H and O–H groups in total. The van der Waals surface area contributed by atoms with Crippen LogP contribution in [0.15, 0.2) is 12.4 Å². The van der Waals surface area contributed by atoms with E-state index in [0.717, 1.165) is 0 Å². The normalized spacial score (nSPS) is 11.9. The van der Waals surface area contributed by atoms with E-state index in [-0.39, 0.29) is 0 Å². The summed E-state index contributed by atoms with van der Waals surface area (Å²) in [6, 6.07) is 0. The second-order valence-electron chi connectivity index (χ2n) is 2.67. The molecule has 0 bridgehead atoms. The van der Waals surface area contributed by atoms with Gasteiger partial charge in [0.05, 0.1) is 12.4 Å². The van der Waals surface area contributed by atoms with Crippen LogP contribution < -0.4 is 0 Å². The Morgan fingerprint density at radius 1 is 0.722 bits per heavy atom. The van der Waals surface area contributed by atoms with Gasteiger partial charge in [0.1, 0.15) is 0 Å². The number of nitrogens with zero attached hydrogens (tertiary/aromatic N) is 4. The van der Waals surface area contributed by atoms with Crippen LogP contribution in [0.25, 0.3) is 0 Å². The van der Waals surface area contributed by atoms with Gasteiger partial charge < -0.3 is 0 Å². The predicted molar refractivity (Wildman–Crippen MR) is 42.8 cm³/mol. The third-order valence-corrected chi connectivity index (χ3v) is 1.42. The highest BCUT2D eigenvalue weighted by atomic mass is 19.4. The molecule has 18 heavy (non-hydrogen) atoms.